The molecule has 306 valence electrons. The molecule has 0 radical (unpaired) electrons. The molecule has 0 aliphatic heterocycles. The molecule has 0 heterocycles. The Hall–Kier alpha value is -0.780. The maximum atomic E-state index is 2.59. The first-order valence-corrected chi connectivity index (χ1v) is 24.8. The number of benzene rings is 1. The molecule has 1 rings (SSSR count). The third-order valence-electron chi connectivity index (χ3n) is 12.2. The largest absolute Gasteiger partial charge is 0.0654 e. The zero-order valence-electron chi connectivity index (χ0n) is 36.9. The number of hydrogen-bond donors (Lipinski definition) is 0. The topological polar surface area (TPSA) is 0 Å². The molecule has 0 heteroatoms. The van der Waals surface area contributed by atoms with Gasteiger partial charge in [-0.3, -0.25) is 0 Å². The molecule has 1 aromatic rings. The van der Waals surface area contributed by atoms with Crippen LogP contribution in [0.15, 0.2) is 12.1 Å². The van der Waals surface area contributed by atoms with Crippen LogP contribution in [0.4, 0.5) is 0 Å². The van der Waals surface area contributed by atoms with Gasteiger partial charge in [0.05, 0.1) is 0 Å². The summed E-state index contributed by atoms with van der Waals surface area (Å²) in [7, 11) is 0. The summed E-state index contributed by atoms with van der Waals surface area (Å²) in [6, 6.07) is 5.18. The second-order valence-corrected chi connectivity index (χ2v) is 17.5. The zero-order chi connectivity index (χ0) is 37.4. The Labute approximate surface area is 330 Å². The van der Waals surface area contributed by atoms with E-state index in [2.05, 4.69) is 39.8 Å². The Balaban J connectivity index is 2.42. The molecule has 52 heavy (non-hydrogen) atoms. The van der Waals surface area contributed by atoms with Gasteiger partial charge in [-0.2, -0.15) is 0 Å². The van der Waals surface area contributed by atoms with Crippen molar-refractivity contribution in [3.8, 4) is 0 Å². The molecule has 0 fully saturated rings. The standard InChI is InChI=1S/C52H98/c1-5-8-11-14-17-20-23-26-29-32-35-38-41-44-50-47-49(4)48-51(45-42-39-36-33-30-27-24-21-18-15-12-9-6-2)52(50)46-43-40-37-34-31-28-25-22-19-16-13-10-7-3/h47-48H,5-46H2,1-4H3. The van der Waals surface area contributed by atoms with Gasteiger partial charge in [0.2, 0.25) is 0 Å². The average Bonchev–Trinajstić information content (AvgIpc) is 3.14. The second kappa shape index (κ2) is 39.9. The molecule has 0 atom stereocenters. The van der Waals surface area contributed by atoms with E-state index < -0.39 is 0 Å². The molecule has 0 nitrogen and oxygen atoms in total. The molecule has 0 N–H and O–H groups in total. The van der Waals surface area contributed by atoms with Gasteiger partial charge in [-0.1, -0.05) is 270 Å². The van der Waals surface area contributed by atoms with Crippen molar-refractivity contribution in [2.75, 3.05) is 0 Å². The molecule has 0 amide bonds. The van der Waals surface area contributed by atoms with E-state index in [1.165, 1.54) is 275 Å². The smallest absolute Gasteiger partial charge is 0.0273 e. The highest BCUT2D eigenvalue weighted by molar-refractivity contribution is 5.39. The van der Waals surface area contributed by atoms with Crippen LogP contribution >= 0.6 is 0 Å². The fourth-order valence-electron chi connectivity index (χ4n) is 8.72. The number of hydrogen-bond acceptors (Lipinski definition) is 0. The maximum absolute atomic E-state index is 2.59. The lowest BCUT2D eigenvalue weighted by Gasteiger charge is -2.17. The van der Waals surface area contributed by atoms with Crippen molar-refractivity contribution in [1.29, 1.82) is 0 Å². The lowest BCUT2D eigenvalue weighted by Crippen LogP contribution is -2.03. The van der Waals surface area contributed by atoms with Crippen molar-refractivity contribution in [3.63, 3.8) is 0 Å². The Morgan fingerprint density at radius 1 is 0.250 bits per heavy atom. The van der Waals surface area contributed by atoms with Crippen LogP contribution < -0.4 is 0 Å². The monoisotopic (exact) mass is 723 g/mol. The summed E-state index contributed by atoms with van der Waals surface area (Å²) in [5.41, 5.74) is 6.76. The molecule has 0 saturated carbocycles. The first-order valence-electron chi connectivity index (χ1n) is 24.8. The second-order valence-electron chi connectivity index (χ2n) is 17.5. The van der Waals surface area contributed by atoms with Gasteiger partial charge in [0, 0.05) is 0 Å². The molecule has 0 aliphatic carbocycles. The van der Waals surface area contributed by atoms with Crippen LogP contribution in [0.5, 0.6) is 0 Å². The van der Waals surface area contributed by atoms with E-state index >= 15 is 0 Å². The van der Waals surface area contributed by atoms with Gasteiger partial charge in [-0.15, -0.1) is 0 Å². The molecule has 0 unspecified atom stereocenters. The summed E-state index contributed by atoms with van der Waals surface area (Å²) in [4.78, 5) is 0. The quantitative estimate of drug-likeness (QED) is 0.0589. The van der Waals surface area contributed by atoms with Crippen molar-refractivity contribution in [3.05, 3.63) is 34.4 Å². The van der Waals surface area contributed by atoms with E-state index in [0.29, 0.717) is 0 Å². The van der Waals surface area contributed by atoms with Crippen LogP contribution in [-0.2, 0) is 19.3 Å². The summed E-state index contributed by atoms with van der Waals surface area (Å²) in [5, 5.41) is 0. The lowest BCUT2D eigenvalue weighted by molar-refractivity contribution is 0.536. The SMILES string of the molecule is CCCCCCCCCCCCCCCc1cc(C)cc(CCCCCCCCCCCCCCC)c1CCCCCCCCCCCCCCC. The Bertz CT molecular complexity index is 783. The van der Waals surface area contributed by atoms with Crippen molar-refractivity contribution >= 4 is 0 Å². The van der Waals surface area contributed by atoms with Crippen LogP contribution in [0.3, 0.4) is 0 Å². The summed E-state index contributed by atoms with van der Waals surface area (Å²) in [6.07, 6.45) is 60.4. The molecule has 0 spiro atoms. The third-order valence-corrected chi connectivity index (χ3v) is 12.2. The highest BCUT2D eigenvalue weighted by atomic mass is 14.2. The van der Waals surface area contributed by atoms with Crippen molar-refractivity contribution in [2.24, 2.45) is 0 Å². The third kappa shape index (κ3) is 31.6. The minimum Gasteiger partial charge on any atom is -0.0654 e. The van der Waals surface area contributed by atoms with Crippen LogP contribution in [0, 0.1) is 6.92 Å². The minimum atomic E-state index is 1.32. The highest BCUT2D eigenvalue weighted by Gasteiger charge is 2.11. The molecule has 0 saturated heterocycles. The van der Waals surface area contributed by atoms with Gasteiger partial charge in [0.15, 0.2) is 0 Å². The predicted octanol–water partition coefficient (Wildman–Crippen LogP) is 18.9. The van der Waals surface area contributed by atoms with Crippen LogP contribution in [-0.4, -0.2) is 0 Å². The zero-order valence-corrected chi connectivity index (χ0v) is 36.9. The number of rotatable bonds is 42. The van der Waals surface area contributed by atoms with Gasteiger partial charge in [-0.25, -0.2) is 0 Å². The summed E-state index contributed by atoms with van der Waals surface area (Å²) in [5.74, 6) is 0. The first-order chi connectivity index (χ1) is 25.7. The van der Waals surface area contributed by atoms with Gasteiger partial charge in [-0.05, 0) is 62.1 Å². The Morgan fingerprint density at radius 3 is 0.673 bits per heavy atom. The van der Waals surface area contributed by atoms with Crippen molar-refractivity contribution in [2.45, 2.75) is 297 Å². The maximum Gasteiger partial charge on any atom is -0.0273 e. The predicted molar refractivity (Wildman–Crippen MR) is 239 cm³/mol. The van der Waals surface area contributed by atoms with Gasteiger partial charge >= 0.3 is 0 Å². The van der Waals surface area contributed by atoms with Crippen LogP contribution in [0.25, 0.3) is 0 Å². The van der Waals surface area contributed by atoms with Crippen LogP contribution in [0.2, 0.25) is 0 Å². The van der Waals surface area contributed by atoms with E-state index in [1.807, 2.05) is 0 Å². The molecule has 1 aromatic carbocycles. The molecular formula is C52H98. The summed E-state index contributed by atoms with van der Waals surface area (Å²) < 4.78 is 0. The fraction of sp³-hybridized carbons (Fsp3) is 0.885. The Kier molecular flexibility index (Phi) is 37.8. The fourth-order valence-corrected chi connectivity index (χ4v) is 8.72. The van der Waals surface area contributed by atoms with E-state index in [9.17, 15) is 0 Å². The molecular weight excluding hydrogens is 625 g/mol. The summed E-state index contributed by atoms with van der Waals surface area (Å²) in [6.45, 7) is 9.33. The number of unbranched alkanes of at least 4 members (excludes halogenated alkanes) is 36. The lowest BCUT2D eigenvalue weighted by atomic mass is 9.88. The molecule has 0 aromatic heterocycles. The van der Waals surface area contributed by atoms with E-state index in [4.69, 9.17) is 0 Å². The van der Waals surface area contributed by atoms with Gasteiger partial charge < -0.3 is 0 Å². The van der Waals surface area contributed by atoms with Crippen LogP contribution in [0.1, 0.15) is 293 Å². The van der Waals surface area contributed by atoms with E-state index in [1.54, 1.807) is 16.7 Å². The Morgan fingerprint density at radius 2 is 0.442 bits per heavy atom. The molecule has 0 aliphatic rings. The normalized spacial score (nSPS) is 11.6. The van der Waals surface area contributed by atoms with Gasteiger partial charge in [0.1, 0.15) is 0 Å². The summed E-state index contributed by atoms with van der Waals surface area (Å²) >= 11 is 0. The first kappa shape index (κ1) is 49.2. The van der Waals surface area contributed by atoms with Crippen molar-refractivity contribution < 1.29 is 0 Å². The van der Waals surface area contributed by atoms with Crippen molar-refractivity contribution in [1.82, 2.24) is 0 Å². The van der Waals surface area contributed by atoms with E-state index in [-0.39, 0.29) is 0 Å². The minimum absolute atomic E-state index is 1.32. The molecule has 0 bridgehead atoms. The highest BCUT2D eigenvalue weighted by Crippen LogP contribution is 2.26. The van der Waals surface area contributed by atoms with Gasteiger partial charge in [0.25, 0.3) is 0 Å². The van der Waals surface area contributed by atoms with E-state index in [0.717, 1.165) is 0 Å². The average molecular weight is 723 g/mol. The number of aryl methyl sites for hydroxylation is 3.